The lowest BCUT2D eigenvalue weighted by Gasteiger charge is -2.24. The molecule has 0 heterocycles. The summed E-state index contributed by atoms with van der Waals surface area (Å²) >= 11 is 0. The molecule has 0 spiro atoms. The molecular weight excluding hydrogens is 264 g/mol. The van der Waals surface area contributed by atoms with Crippen LogP contribution in [0.2, 0.25) is 0 Å². The number of Topliss-reactive ketones (excluding diaryl/α,β-unsaturated/α-hetero) is 1. The number of hydrogen-bond donors (Lipinski definition) is 1. The van der Waals surface area contributed by atoms with Gasteiger partial charge in [0.2, 0.25) is 0 Å². The fourth-order valence-corrected chi connectivity index (χ4v) is 3.21. The number of ketones is 1. The number of carbonyl (C=O) groups is 2. The molecule has 1 fully saturated rings. The van der Waals surface area contributed by atoms with Crippen molar-refractivity contribution < 1.29 is 14.7 Å². The van der Waals surface area contributed by atoms with E-state index in [1.807, 2.05) is 6.08 Å². The Balaban J connectivity index is 2.70. The number of allylic oxidation sites excluding steroid dienone is 4. The van der Waals surface area contributed by atoms with Crippen LogP contribution in [0, 0.1) is 17.8 Å². The molecule has 0 saturated heterocycles. The van der Waals surface area contributed by atoms with Gasteiger partial charge in [-0.15, -0.1) is 0 Å². The molecule has 1 aliphatic rings. The summed E-state index contributed by atoms with van der Waals surface area (Å²) in [4.78, 5) is 23.6. The second-order valence-corrected chi connectivity index (χ2v) is 5.79. The van der Waals surface area contributed by atoms with Gasteiger partial charge in [0.1, 0.15) is 5.78 Å². The zero-order chi connectivity index (χ0) is 15.7. The van der Waals surface area contributed by atoms with E-state index in [0.717, 1.165) is 25.7 Å². The molecule has 3 nitrogen and oxygen atoms in total. The van der Waals surface area contributed by atoms with Crippen molar-refractivity contribution in [1.82, 2.24) is 0 Å². The van der Waals surface area contributed by atoms with Gasteiger partial charge in [-0.25, -0.2) is 0 Å². The molecule has 0 aromatic rings. The van der Waals surface area contributed by atoms with Crippen LogP contribution in [0.25, 0.3) is 0 Å². The molecule has 1 unspecified atom stereocenters. The summed E-state index contributed by atoms with van der Waals surface area (Å²) in [5.74, 6) is -0.978. The summed E-state index contributed by atoms with van der Waals surface area (Å²) in [5, 5.41) is 9.51. The van der Waals surface area contributed by atoms with E-state index in [4.69, 9.17) is 0 Å². The summed E-state index contributed by atoms with van der Waals surface area (Å²) in [6.07, 6.45) is 13.6. The second kappa shape index (κ2) is 9.54. The average molecular weight is 292 g/mol. The van der Waals surface area contributed by atoms with Crippen LogP contribution in [0.5, 0.6) is 0 Å². The lowest BCUT2D eigenvalue weighted by atomic mass is 9.79. The summed E-state index contributed by atoms with van der Waals surface area (Å²) < 4.78 is 0. The van der Waals surface area contributed by atoms with Crippen molar-refractivity contribution in [2.75, 3.05) is 0 Å². The van der Waals surface area contributed by atoms with Crippen LogP contribution in [-0.2, 0) is 9.59 Å². The Labute approximate surface area is 128 Å². The summed E-state index contributed by atoms with van der Waals surface area (Å²) in [7, 11) is 0. The third-order valence-corrected chi connectivity index (χ3v) is 4.33. The van der Waals surface area contributed by atoms with Crippen LogP contribution in [-0.4, -0.2) is 16.9 Å². The Bertz CT molecular complexity index is 395. The van der Waals surface area contributed by atoms with Gasteiger partial charge < -0.3 is 5.11 Å². The Morgan fingerprint density at radius 2 is 1.90 bits per heavy atom. The molecule has 3 heteroatoms. The van der Waals surface area contributed by atoms with E-state index in [1.165, 1.54) is 0 Å². The number of carboxylic acid groups (broad SMARTS) is 1. The van der Waals surface area contributed by atoms with Crippen LogP contribution < -0.4 is 0 Å². The van der Waals surface area contributed by atoms with Crippen molar-refractivity contribution >= 4 is 11.8 Å². The Morgan fingerprint density at radius 3 is 2.52 bits per heavy atom. The first kappa shape index (κ1) is 17.7. The van der Waals surface area contributed by atoms with Gasteiger partial charge in [-0.05, 0) is 44.4 Å². The Morgan fingerprint density at radius 1 is 1.24 bits per heavy atom. The summed E-state index contributed by atoms with van der Waals surface area (Å²) in [5.41, 5.74) is 0. The van der Waals surface area contributed by atoms with Crippen molar-refractivity contribution in [3.63, 3.8) is 0 Å². The van der Waals surface area contributed by atoms with E-state index >= 15 is 0 Å². The maximum absolute atomic E-state index is 12.0. The van der Waals surface area contributed by atoms with Gasteiger partial charge in [0, 0.05) is 12.3 Å². The van der Waals surface area contributed by atoms with Gasteiger partial charge >= 0.3 is 5.97 Å². The lowest BCUT2D eigenvalue weighted by Crippen LogP contribution is -2.28. The molecule has 0 aromatic carbocycles. The van der Waals surface area contributed by atoms with Crippen LogP contribution in [0.3, 0.4) is 0 Å². The predicted octanol–water partition coefficient (Wildman–Crippen LogP) is 4.39. The van der Waals surface area contributed by atoms with E-state index in [-0.39, 0.29) is 17.6 Å². The first-order chi connectivity index (χ1) is 10.1. The van der Waals surface area contributed by atoms with Crippen molar-refractivity contribution in [3.05, 3.63) is 24.3 Å². The van der Waals surface area contributed by atoms with E-state index in [0.29, 0.717) is 19.3 Å². The summed E-state index contributed by atoms with van der Waals surface area (Å²) in [6, 6.07) is 0. The topological polar surface area (TPSA) is 54.4 Å². The highest BCUT2D eigenvalue weighted by Crippen LogP contribution is 2.39. The SMILES string of the molecule is CCC=CCCC(C(=O)O)[C@@H]1CCC(=O)[C@@H]1CC=CCC. The molecule has 21 heavy (non-hydrogen) atoms. The molecule has 1 rings (SSSR count). The van der Waals surface area contributed by atoms with E-state index in [2.05, 4.69) is 32.1 Å². The van der Waals surface area contributed by atoms with Crippen molar-refractivity contribution in [2.45, 2.75) is 58.8 Å². The first-order valence-electron chi connectivity index (χ1n) is 8.17. The smallest absolute Gasteiger partial charge is 0.306 e. The van der Waals surface area contributed by atoms with Gasteiger partial charge in [-0.1, -0.05) is 38.2 Å². The molecule has 118 valence electrons. The van der Waals surface area contributed by atoms with Crippen molar-refractivity contribution in [2.24, 2.45) is 17.8 Å². The highest BCUT2D eigenvalue weighted by molar-refractivity contribution is 5.85. The molecule has 0 bridgehead atoms. The van der Waals surface area contributed by atoms with Crippen LogP contribution in [0.4, 0.5) is 0 Å². The normalized spacial score (nSPS) is 24.2. The minimum atomic E-state index is -0.746. The maximum Gasteiger partial charge on any atom is 0.306 e. The molecular formula is C18H28O3. The minimum Gasteiger partial charge on any atom is -0.481 e. The van der Waals surface area contributed by atoms with Crippen LogP contribution >= 0.6 is 0 Å². The fraction of sp³-hybridized carbons (Fsp3) is 0.667. The van der Waals surface area contributed by atoms with Gasteiger partial charge in [-0.3, -0.25) is 9.59 Å². The highest BCUT2D eigenvalue weighted by Gasteiger charge is 2.41. The largest absolute Gasteiger partial charge is 0.481 e. The third kappa shape index (κ3) is 5.49. The molecule has 0 aromatic heterocycles. The average Bonchev–Trinajstić information content (AvgIpc) is 2.80. The third-order valence-electron chi connectivity index (χ3n) is 4.33. The fourth-order valence-electron chi connectivity index (χ4n) is 3.21. The zero-order valence-corrected chi connectivity index (χ0v) is 13.3. The Hall–Kier alpha value is -1.38. The van der Waals surface area contributed by atoms with Crippen molar-refractivity contribution in [3.8, 4) is 0 Å². The summed E-state index contributed by atoms with van der Waals surface area (Å²) in [6.45, 7) is 4.13. The zero-order valence-electron chi connectivity index (χ0n) is 13.3. The molecule has 0 amide bonds. The van der Waals surface area contributed by atoms with Crippen LogP contribution in [0.1, 0.15) is 58.8 Å². The maximum atomic E-state index is 12.0. The lowest BCUT2D eigenvalue weighted by molar-refractivity contribution is -0.144. The minimum absolute atomic E-state index is 0.00605. The molecule has 1 saturated carbocycles. The van der Waals surface area contributed by atoms with Gasteiger partial charge in [0.15, 0.2) is 0 Å². The molecule has 0 radical (unpaired) electrons. The Kier molecular flexibility index (Phi) is 8.03. The standard InChI is InChI=1S/C18H28O3/c1-3-5-7-9-11-16(18(20)21)14-12-13-17(19)15(14)10-8-6-4-2/h5-8,14-16H,3-4,9-13H2,1-2H3,(H,20,21)/t14-,15-,16?/m1/s1. The quantitative estimate of drug-likeness (QED) is 0.641. The van der Waals surface area contributed by atoms with Crippen LogP contribution in [0.15, 0.2) is 24.3 Å². The molecule has 0 aliphatic heterocycles. The highest BCUT2D eigenvalue weighted by atomic mass is 16.4. The van der Waals surface area contributed by atoms with Gasteiger partial charge in [0.05, 0.1) is 5.92 Å². The number of carboxylic acids is 1. The first-order valence-corrected chi connectivity index (χ1v) is 8.17. The number of aliphatic carboxylic acids is 1. The van der Waals surface area contributed by atoms with Gasteiger partial charge in [0.25, 0.3) is 0 Å². The monoisotopic (exact) mass is 292 g/mol. The second-order valence-electron chi connectivity index (χ2n) is 5.79. The van der Waals surface area contributed by atoms with Gasteiger partial charge in [-0.2, -0.15) is 0 Å². The van der Waals surface area contributed by atoms with E-state index in [1.54, 1.807) is 0 Å². The molecule has 3 atom stereocenters. The van der Waals surface area contributed by atoms with E-state index < -0.39 is 11.9 Å². The van der Waals surface area contributed by atoms with E-state index in [9.17, 15) is 14.7 Å². The predicted molar refractivity (Wildman–Crippen MR) is 85.1 cm³/mol. The number of rotatable bonds is 9. The molecule has 1 N–H and O–H groups in total. The number of carbonyl (C=O) groups excluding carboxylic acids is 1. The number of hydrogen-bond acceptors (Lipinski definition) is 2. The van der Waals surface area contributed by atoms with Crippen molar-refractivity contribution in [1.29, 1.82) is 0 Å². The molecule has 1 aliphatic carbocycles.